The van der Waals surface area contributed by atoms with Gasteiger partial charge in [-0.1, -0.05) is 13.8 Å². The highest BCUT2D eigenvalue weighted by Gasteiger charge is 2.84. The van der Waals surface area contributed by atoms with Crippen molar-refractivity contribution in [3.8, 4) is 0 Å². The topological polar surface area (TPSA) is 26.3 Å². The molecule has 0 N–H and O–H groups in total. The second-order valence-corrected chi connectivity index (χ2v) is 4.25. The van der Waals surface area contributed by atoms with Crippen LogP contribution in [0.3, 0.4) is 0 Å². The predicted molar refractivity (Wildman–Crippen MR) is 36.7 cm³/mol. The Balaban J connectivity index is 2.42. The van der Waals surface area contributed by atoms with Gasteiger partial charge in [-0.25, -0.2) is 8.78 Å². The van der Waals surface area contributed by atoms with E-state index in [4.69, 9.17) is 0 Å². The van der Waals surface area contributed by atoms with Gasteiger partial charge in [0.15, 0.2) is 0 Å². The van der Waals surface area contributed by atoms with Crippen LogP contribution in [0.2, 0.25) is 0 Å². The standard InChI is InChI=1S/C8H10F2O2/c1-6(2)4-12-5(11)7(6)3-8(7,9)10/h3-4H2,1-2H3. The summed E-state index contributed by atoms with van der Waals surface area (Å²) in [6, 6.07) is 0. The van der Waals surface area contributed by atoms with Gasteiger partial charge in [-0.05, 0) is 0 Å². The van der Waals surface area contributed by atoms with Gasteiger partial charge in [-0.2, -0.15) is 0 Å². The van der Waals surface area contributed by atoms with Crippen molar-refractivity contribution in [1.29, 1.82) is 0 Å². The molecular weight excluding hydrogens is 166 g/mol. The lowest BCUT2D eigenvalue weighted by Crippen LogP contribution is -2.31. The average molecular weight is 176 g/mol. The molecule has 1 heterocycles. The molecule has 2 rings (SSSR count). The fourth-order valence-electron chi connectivity index (χ4n) is 2.01. The molecule has 2 nitrogen and oxygen atoms in total. The van der Waals surface area contributed by atoms with Crippen molar-refractivity contribution in [2.24, 2.45) is 10.8 Å². The quantitative estimate of drug-likeness (QED) is 0.524. The van der Waals surface area contributed by atoms with Gasteiger partial charge >= 0.3 is 5.97 Å². The molecule has 2 aliphatic rings. The molecule has 0 aromatic heterocycles. The summed E-state index contributed by atoms with van der Waals surface area (Å²) in [4.78, 5) is 11.1. The molecule has 0 bridgehead atoms. The highest BCUT2D eigenvalue weighted by Crippen LogP contribution is 2.71. The van der Waals surface area contributed by atoms with E-state index >= 15 is 0 Å². The first-order valence-corrected chi connectivity index (χ1v) is 3.89. The van der Waals surface area contributed by atoms with Crippen LogP contribution in [0.1, 0.15) is 20.3 Å². The molecule has 0 aromatic rings. The Morgan fingerprint density at radius 3 is 2.08 bits per heavy atom. The number of carbonyl (C=O) groups is 1. The summed E-state index contributed by atoms with van der Waals surface area (Å²) in [7, 11) is 0. The Labute approximate surface area is 68.9 Å². The molecule has 1 saturated carbocycles. The van der Waals surface area contributed by atoms with Gasteiger partial charge in [-0.15, -0.1) is 0 Å². The summed E-state index contributed by atoms with van der Waals surface area (Å²) in [5.41, 5.74) is -2.21. The van der Waals surface area contributed by atoms with Crippen molar-refractivity contribution in [1.82, 2.24) is 0 Å². The number of cyclic esters (lactones) is 1. The maximum atomic E-state index is 12.9. The third kappa shape index (κ3) is 0.583. The van der Waals surface area contributed by atoms with Crippen LogP contribution in [0.15, 0.2) is 0 Å². The van der Waals surface area contributed by atoms with Gasteiger partial charge in [0.25, 0.3) is 5.92 Å². The van der Waals surface area contributed by atoms with Gasteiger partial charge in [0.2, 0.25) is 0 Å². The number of alkyl halides is 2. The third-order valence-corrected chi connectivity index (χ3v) is 3.05. The number of carbonyl (C=O) groups excluding carboxylic acids is 1. The largest absolute Gasteiger partial charge is 0.464 e. The first-order chi connectivity index (χ1) is 5.33. The van der Waals surface area contributed by atoms with Gasteiger partial charge in [0, 0.05) is 11.8 Å². The van der Waals surface area contributed by atoms with E-state index in [0.717, 1.165) is 0 Å². The summed E-state index contributed by atoms with van der Waals surface area (Å²) in [5, 5.41) is 0. The van der Waals surface area contributed by atoms with Crippen molar-refractivity contribution >= 4 is 5.97 Å². The first kappa shape index (κ1) is 7.95. The molecule has 68 valence electrons. The number of esters is 1. The van der Waals surface area contributed by atoms with Gasteiger partial charge in [0.1, 0.15) is 5.41 Å². The first-order valence-electron chi connectivity index (χ1n) is 3.89. The van der Waals surface area contributed by atoms with E-state index in [0.29, 0.717) is 0 Å². The maximum absolute atomic E-state index is 12.9. The zero-order chi connectivity index (χ0) is 9.20. The molecule has 1 atom stereocenters. The summed E-state index contributed by atoms with van der Waals surface area (Å²) >= 11 is 0. The third-order valence-electron chi connectivity index (χ3n) is 3.05. The minimum Gasteiger partial charge on any atom is -0.464 e. The van der Waals surface area contributed by atoms with E-state index in [1.165, 1.54) is 0 Å². The van der Waals surface area contributed by atoms with E-state index in [2.05, 4.69) is 4.74 Å². The minimum absolute atomic E-state index is 0.113. The number of hydrogen-bond acceptors (Lipinski definition) is 2. The van der Waals surface area contributed by atoms with E-state index in [-0.39, 0.29) is 13.0 Å². The predicted octanol–water partition coefficient (Wildman–Crippen LogP) is 1.59. The van der Waals surface area contributed by atoms with Crippen LogP contribution in [0, 0.1) is 10.8 Å². The number of halogens is 2. The smallest absolute Gasteiger partial charge is 0.319 e. The minimum atomic E-state index is -2.84. The zero-order valence-corrected chi connectivity index (χ0v) is 6.99. The number of rotatable bonds is 0. The van der Waals surface area contributed by atoms with Crippen molar-refractivity contribution in [3.63, 3.8) is 0 Å². The molecule has 2 fully saturated rings. The van der Waals surface area contributed by atoms with Crippen LogP contribution in [0.5, 0.6) is 0 Å². The molecule has 1 aliphatic carbocycles. The Hall–Kier alpha value is -0.670. The van der Waals surface area contributed by atoms with Crippen LogP contribution >= 0.6 is 0 Å². The van der Waals surface area contributed by atoms with E-state index in [9.17, 15) is 13.6 Å². The second-order valence-electron chi connectivity index (χ2n) is 4.25. The summed E-state index contributed by atoms with van der Waals surface area (Å²) in [5.74, 6) is -3.57. The Morgan fingerprint density at radius 2 is 1.92 bits per heavy atom. The Kier molecular flexibility index (Phi) is 1.09. The lowest BCUT2D eigenvalue weighted by atomic mass is 9.78. The van der Waals surface area contributed by atoms with Crippen LogP contribution in [-0.4, -0.2) is 18.5 Å². The van der Waals surface area contributed by atoms with E-state index in [1.54, 1.807) is 13.8 Å². The maximum Gasteiger partial charge on any atom is 0.319 e. The van der Waals surface area contributed by atoms with Crippen molar-refractivity contribution in [2.45, 2.75) is 26.2 Å². The van der Waals surface area contributed by atoms with Crippen LogP contribution in [-0.2, 0) is 9.53 Å². The van der Waals surface area contributed by atoms with E-state index in [1.807, 2.05) is 0 Å². The molecule has 4 heteroatoms. The molecule has 0 amide bonds. The lowest BCUT2D eigenvalue weighted by molar-refractivity contribution is -0.145. The molecular formula is C8H10F2O2. The highest BCUT2D eigenvalue weighted by molar-refractivity contribution is 5.85. The van der Waals surface area contributed by atoms with Crippen molar-refractivity contribution in [2.75, 3.05) is 6.61 Å². The average Bonchev–Trinajstić information content (AvgIpc) is 2.44. The molecule has 0 radical (unpaired) electrons. The zero-order valence-electron chi connectivity index (χ0n) is 6.99. The second kappa shape index (κ2) is 1.65. The van der Waals surface area contributed by atoms with Crippen LogP contribution in [0.4, 0.5) is 8.78 Å². The Morgan fingerprint density at radius 1 is 1.42 bits per heavy atom. The van der Waals surface area contributed by atoms with Crippen molar-refractivity contribution < 1.29 is 18.3 Å². The summed E-state index contributed by atoms with van der Waals surface area (Å²) < 4.78 is 30.5. The highest BCUT2D eigenvalue weighted by atomic mass is 19.3. The Bertz CT molecular complexity index is 260. The van der Waals surface area contributed by atoms with Gasteiger partial charge in [0.05, 0.1) is 6.61 Å². The number of ether oxygens (including phenoxy) is 1. The molecule has 1 spiro atoms. The molecule has 0 aromatic carbocycles. The molecule has 12 heavy (non-hydrogen) atoms. The van der Waals surface area contributed by atoms with Crippen molar-refractivity contribution in [3.05, 3.63) is 0 Å². The van der Waals surface area contributed by atoms with E-state index < -0.39 is 22.7 Å². The van der Waals surface area contributed by atoms with Gasteiger partial charge < -0.3 is 4.74 Å². The summed E-state index contributed by atoms with van der Waals surface area (Å²) in [6.07, 6.45) is -0.341. The normalized spacial score (nSPS) is 41.5. The number of hydrogen-bond donors (Lipinski definition) is 0. The fourth-order valence-corrected chi connectivity index (χ4v) is 2.01. The molecule has 1 saturated heterocycles. The lowest BCUT2D eigenvalue weighted by Gasteiger charge is -2.20. The monoisotopic (exact) mass is 176 g/mol. The van der Waals surface area contributed by atoms with Crippen LogP contribution < -0.4 is 0 Å². The summed E-state index contributed by atoms with van der Waals surface area (Å²) in [6.45, 7) is 3.42. The SMILES string of the molecule is CC1(C)COC(=O)C12CC2(F)F. The molecule has 1 unspecified atom stereocenters. The van der Waals surface area contributed by atoms with Crippen LogP contribution in [0.25, 0.3) is 0 Å². The molecule has 1 aliphatic heterocycles. The fraction of sp³-hybridized carbons (Fsp3) is 0.875. The van der Waals surface area contributed by atoms with Gasteiger partial charge in [-0.3, -0.25) is 4.79 Å².